The topological polar surface area (TPSA) is 71.8 Å². The summed E-state index contributed by atoms with van der Waals surface area (Å²) in [6.07, 6.45) is 3.45. The Balaban J connectivity index is 1.61. The Hall–Kier alpha value is -3.15. The molecule has 124 valence electrons. The van der Waals surface area contributed by atoms with Gasteiger partial charge in [-0.15, -0.1) is 0 Å². The largest absolute Gasteiger partial charge is 0.349 e. The van der Waals surface area contributed by atoms with Crippen LogP contribution in [-0.4, -0.2) is 27.2 Å². The smallest absolute Gasteiger partial charge is 0.269 e. The van der Waals surface area contributed by atoms with Crippen molar-refractivity contribution in [3.63, 3.8) is 0 Å². The van der Waals surface area contributed by atoms with E-state index in [9.17, 15) is 4.79 Å². The summed E-state index contributed by atoms with van der Waals surface area (Å²) >= 11 is 0. The first kappa shape index (κ1) is 14.2. The van der Waals surface area contributed by atoms with Gasteiger partial charge in [0.15, 0.2) is 0 Å². The number of rotatable bonds is 2. The molecule has 3 heterocycles. The molecule has 0 radical (unpaired) electrons. The first-order valence-electron chi connectivity index (χ1n) is 8.49. The van der Waals surface area contributed by atoms with Crippen LogP contribution in [0.3, 0.4) is 0 Å². The van der Waals surface area contributed by atoms with Crippen LogP contribution in [0.15, 0.2) is 42.6 Å². The summed E-state index contributed by atoms with van der Waals surface area (Å²) in [4.78, 5) is 16.8. The molecule has 6 heteroatoms. The highest BCUT2D eigenvalue weighted by Gasteiger charge is 2.31. The van der Waals surface area contributed by atoms with Crippen molar-refractivity contribution in [2.75, 3.05) is 11.9 Å². The highest BCUT2D eigenvalue weighted by atomic mass is 16.2. The molecule has 0 spiro atoms. The van der Waals surface area contributed by atoms with Crippen molar-refractivity contribution < 1.29 is 4.79 Å². The summed E-state index contributed by atoms with van der Waals surface area (Å²) in [7, 11) is 0. The number of nitrogens with one attached hydrogen (secondary N) is 2. The molecule has 3 aromatic rings. The summed E-state index contributed by atoms with van der Waals surface area (Å²) in [5, 5.41) is 11.1. The predicted molar refractivity (Wildman–Crippen MR) is 94.9 cm³/mol. The molecule has 1 amide bonds. The van der Waals surface area contributed by atoms with Crippen molar-refractivity contribution in [3.8, 4) is 11.3 Å². The third-order valence-electron chi connectivity index (χ3n) is 4.85. The Morgan fingerprint density at radius 1 is 1.08 bits per heavy atom. The van der Waals surface area contributed by atoms with Crippen LogP contribution >= 0.6 is 0 Å². The second kappa shape index (κ2) is 5.44. The minimum absolute atomic E-state index is 0.0138. The molecule has 2 aliphatic rings. The van der Waals surface area contributed by atoms with E-state index in [2.05, 4.69) is 15.6 Å². The number of nitrogens with zero attached hydrogens (tertiary/aromatic N) is 3. The molecule has 0 fully saturated rings. The average Bonchev–Trinajstić information content (AvgIpc) is 3.03. The number of fused-ring (bicyclic) bond motifs is 5. The molecule has 2 aromatic heterocycles. The Morgan fingerprint density at radius 2 is 1.92 bits per heavy atom. The van der Waals surface area contributed by atoms with Crippen molar-refractivity contribution in [2.24, 2.45) is 0 Å². The van der Waals surface area contributed by atoms with Gasteiger partial charge in [-0.1, -0.05) is 18.2 Å². The predicted octanol–water partition coefficient (Wildman–Crippen LogP) is 2.53. The molecule has 1 aromatic carbocycles. The third kappa shape index (κ3) is 2.21. The summed E-state index contributed by atoms with van der Waals surface area (Å²) in [6.45, 7) is 1.36. The van der Waals surface area contributed by atoms with E-state index in [1.54, 1.807) is 6.20 Å². The van der Waals surface area contributed by atoms with E-state index in [4.69, 9.17) is 5.10 Å². The van der Waals surface area contributed by atoms with E-state index < -0.39 is 0 Å². The molecule has 5 rings (SSSR count). The summed E-state index contributed by atoms with van der Waals surface area (Å²) in [6, 6.07) is 12.0. The summed E-state index contributed by atoms with van der Waals surface area (Å²) < 4.78 is 1.85. The molecule has 1 aliphatic heterocycles. The van der Waals surface area contributed by atoms with Crippen molar-refractivity contribution in [3.05, 3.63) is 59.4 Å². The van der Waals surface area contributed by atoms with Gasteiger partial charge in [-0.3, -0.25) is 9.48 Å². The zero-order valence-corrected chi connectivity index (χ0v) is 13.6. The molecular formula is C19H17N5O. The summed E-state index contributed by atoms with van der Waals surface area (Å²) in [5.74, 6) is 0.852. The first-order chi connectivity index (χ1) is 12.3. The zero-order chi connectivity index (χ0) is 16.8. The second-order valence-electron chi connectivity index (χ2n) is 6.33. The van der Waals surface area contributed by atoms with Gasteiger partial charge in [-0.25, -0.2) is 4.98 Å². The molecular weight excluding hydrogens is 314 g/mol. The second-order valence-corrected chi connectivity index (χ2v) is 6.33. The third-order valence-corrected chi connectivity index (χ3v) is 4.85. The molecule has 0 atom stereocenters. The number of carbonyl (C=O) groups excluding carboxylic acids is 1. The minimum Gasteiger partial charge on any atom is -0.349 e. The molecule has 6 nitrogen and oxygen atoms in total. The molecule has 0 saturated carbocycles. The Labute approximate surface area is 144 Å². The molecule has 0 bridgehead atoms. The SMILES string of the molecule is O=C1NCCn2nc3c(c21)CCc1c-3ccnc1Nc1ccccc1. The molecule has 1 aliphatic carbocycles. The number of amides is 1. The fraction of sp³-hybridized carbons (Fsp3) is 0.211. The van der Waals surface area contributed by atoms with Crippen molar-refractivity contribution in [1.29, 1.82) is 0 Å². The van der Waals surface area contributed by atoms with Crippen LogP contribution in [0.25, 0.3) is 11.3 Å². The number of aromatic nitrogens is 3. The number of hydrogen-bond acceptors (Lipinski definition) is 4. The van der Waals surface area contributed by atoms with Crippen LogP contribution in [0, 0.1) is 0 Å². The van der Waals surface area contributed by atoms with Crippen LogP contribution in [-0.2, 0) is 19.4 Å². The van der Waals surface area contributed by atoms with Crippen molar-refractivity contribution in [2.45, 2.75) is 19.4 Å². The quantitative estimate of drug-likeness (QED) is 0.757. The Kier molecular flexibility index (Phi) is 3.09. The number of para-hydroxylation sites is 1. The number of benzene rings is 1. The number of anilines is 2. The molecule has 0 saturated heterocycles. The van der Waals surface area contributed by atoms with Gasteiger partial charge < -0.3 is 10.6 Å². The molecule has 0 unspecified atom stereocenters. The van der Waals surface area contributed by atoms with Gasteiger partial charge in [0, 0.05) is 35.1 Å². The van der Waals surface area contributed by atoms with E-state index in [1.807, 2.05) is 41.1 Å². The van der Waals surface area contributed by atoms with Gasteiger partial charge in [-0.05, 0) is 31.0 Å². The number of carbonyl (C=O) groups is 1. The van der Waals surface area contributed by atoms with Gasteiger partial charge in [0.05, 0.1) is 12.2 Å². The van der Waals surface area contributed by atoms with E-state index in [-0.39, 0.29) is 5.91 Å². The fourth-order valence-electron chi connectivity index (χ4n) is 3.71. The van der Waals surface area contributed by atoms with E-state index >= 15 is 0 Å². The van der Waals surface area contributed by atoms with Crippen LogP contribution in [0.5, 0.6) is 0 Å². The lowest BCUT2D eigenvalue weighted by Crippen LogP contribution is -2.36. The normalized spacial score (nSPS) is 15.0. The maximum absolute atomic E-state index is 12.2. The van der Waals surface area contributed by atoms with Gasteiger partial charge in [0.1, 0.15) is 11.5 Å². The van der Waals surface area contributed by atoms with Crippen LogP contribution < -0.4 is 10.6 Å². The molecule has 2 N–H and O–H groups in total. The van der Waals surface area contributed by atoms with Crippen LogP contribution in [0.1, 0.15) is 21.6 Å². The van der Waals surface area contributed by atoms with Crippen molar-refractivity contribution >= 4 is 17.4 Å². The zero-order valence-electron chi connectivity index (χ0n) is 13.6. The lowest BCUT2D eigenvalue weighted by atomic mass is 9.89. The van der Waals surface area contributed by atoms with Gasteiger partial charge >= 0.3 is 0 Å². The Bertz CT molecular complexity index is 977. The van der Waals surface area contributed by atoms with E-state index in [0.29, 0.717) is 6.54 Å². The highest BCUT2D eigenvalue weighted by Crippen LogP contribution is 2.38. The van der Waals surface area contributed by atoms with E-state index in [1.165, 1.54) is 0 Å². The number of hydrogen-bond donors (Lipinski definition) is 2. The van der Waals surface area contributed by atoms with Gasteiger partial charge in [0.2, 0.25) is 0 Å². The van der Waals surface area contributed by atoms with Crippen LogP contribution in [0.2, 0.25) is 0 Å². The average molecular weight is 331 g/mol. The van der Waals surface area contributed by atoms with Crippen LogP contribution in [0.4, 0.5) is 11.5 Å². The maximum atomic E-state index is 12.2. The van der Waals surface area contributed by atoms with Crippen molar-refractivity contribution in [1.82, 2.24) is 20.1 Å². The van der Waals surface area contributed by atoms with E-state index in [0.717, 1.165) is 59.0 Å². The lowest BCUT2D eigenvalue weighted by molar-refractivity contribution is 0.0923. The van der Waals surface area contributed by atoms with Gasteiger partial charge in [-0.2, -0.15) is 5.10 Å². The Morgan fingerprint density at radius 3 is 2.80 bits per heavy atom. The standard InChI is InChI=1S/C19H17N5O/c25-19-17-15-7-6-14-13(16(15)23-24(17)11-10-21-19)8-9-20-18(14)22-12-4-2-1-3-5-12/h1-5,8-9H,6-7,10-11H2,(H,20,22)(H,21,25). The highest BCUT2D eigenvalue weighted by molar-refractivity contribution is 5.97. The lowest BCUT2D eigenvalue weighted by Gasteiger charge is -2.20. The monoisotopic (exact) mass is 331 g/mol. The molecule has 25 heavy (non-hydrogen) atoms. The fourth-order valence-corrected chi connectivity index (χ4v) is 3.71. The number of pyridine rings is 1. The summed E-state index contributed by atoms with van der Waals surface area (Å²) in [5.41, 5.74) is 5.95. The maximum Gasteiger partial charge on any atom is 0.269 e. The first-order valence-corrected chi connectivity index (χ1v) is 8.49. The minimum atomic E-state index is -0.0138. The van der Waals surface area contributed by atoms with Gasteiger partial charge in [0.25, 0.3) is 5.91 Å².